The van der Waals surface area contributed by atoms with E-state index in [0.717, 1.165) is 0 Å². The summed E-state index contributed by atoms with van der Waals surface area (Å²) in [4.78, 5) is 51.7. The number of aryl methyl sites for hydroxylation is 1. The van der Waals surface area contributed by atoms with Gasteiger partial charge in [0, 0.05) is 12.6 Å². The van der Waals surface area contributed by atoms with Gasteiger partial charge in [-0.3, -0.25) is 9.59 Å². The van der Waals surface area contributed by atoms with E-state index in [0.29, 0.717) is 16.8 Å². The number of aromatic nitrogens is 1. The predicted octanol–water partition coefficient (Wildman–Crippen LogP) is 2.71. The van der Waals surface area contributed by atoms with Crippen molar-refractivity contribution in [2.45, 2.75) is 33.8 Å². The van der Waals surface area contributed by atoms with Crippen molar-refractivity contribution in [2.75, 3.05) is 7.11 Å². The van der Waals surface area contributed by atoms with E-state index in [9.17, 15) is 19.2 Å². The molecule has 1 aromatic carbocycles. The van der Waals surface area contributed by atoms with Gasteiger partial charge in [0.25, 0.3) is 0 Å². The lowest BCUT2D eigenvalue weighted by Crippen LogP contribution is -2.31. The number of rotatable bonds is 7. The van der Waals surface area contributed by atoms with Gasteiger partial charge < -0.3 is 19.8 Å². The van der Waals surface area contributed by atoms with Crippen molar-refractivity contribution in [2.24, 2.45) is 0 Å². The number of hydrogen-bond donors (Lipinski definition) is 2. The number of ether oxygens (including phenoxy) is 2. The zero-order chi connectivity index (χ0) is 22.4. The molecule has 0 saturated carbocycles. The molecule has 1 heterocycles. The van der Waals surface area contributed by atoms with Crippen molar-refractivity contribution in [3.8, 4) is 0 Å². The first-order chi connectivity index (χ1) is 14.1. The van der Waals surface area contributed by atoms with Gasteiger partial charge >= 0.3 is 11.9 Å². The number of amides is 1. The van der Waals surface area contributed by atoms with Gasteiger partial charge in [-0.25, -0.2) is 9.59 Å². The summed E-state index contributed by atoms with van der Waals surface area (Å²) in [5.41, 5.74) is 1.89. The summed E-state index contributed by atoms with van der Waals surface area (Å²) in [6.07, 6.45) is 0.299. The Kier molecular flexibility index (Phi) is 7.30. The second-order valence-corrected chi connectivity index (χ2v) is 6.68. The molecule has 1 atom stereocenters. The molecule has 0 saturated heterocycles. The van der Waals surface area contributed by atoms with E-state index in [-0.39, 0.29) is 17.0 Å². The summed E-state index contributed by atoms with van der Waals surface area (Å²) in [6, 6.07) is 8.89. The highest BCUT2D eigenvalue weighted by Gasteiger charge is 2.28. The number of carbonyl (C=O) groups excluding carboxylic acids is 4. The molecule has 0 unspecified atom stereocenters. The number of carbonyl (C=O) groups is 4. The normalized spacial score (nSPS) is 12.1. The monoisotopic (exact) mass is 412 g/mol. The van der Waals surface area contributed by atoms with Gasteiger partial charge in [0.1, 0.15) is 5.70 Å². The summed E-state index contributed by atoms with van der Waals surface area (Å²) in [6.45, 7) is 5.93. The van der Waals surface area contributed by atoms with Crippen LogP contribution in [0.3, 0.4) is 0 Å². The van der Waals surface area contributed by atoms with E-state index in [1.807, 2.05) is 6.07 Å². The van der Waals surface area contributed by atoms with Crippen LogP contribution in [0.2, 0.25) is 0 Å². The summed E-state index contributed by atoms with van der Waals surface area (Å²) in [7, 11) is 1.25. The topological polar surface area (TPSA) is 115 Å². The quantitative estimate of drug-likeness (QED) is 0.411. The van der Waals surface area contributed by atoms with Crippen LogP contribution in [0.1, 0.15) is 51.5 Å². The Labute approximate surface area is 174 Å². The molecule has 0 bridgehead atoms. The smallest absolute Gasteiger partial charge is 0.355 e. The summed E-state index contributed by atoms with van der Waals surface area (Å²) < 4.78 is 10.0. The Morgan fingerprint density at radius 1 is 1.10 bits per heavy atom. The minimum Gasteiger partial charge on any atom is -0.465 e. The van der Waals surface area contributed by atoms with Gasteiger partial charge in [-0.05, 0) is 38.0 Å². The molecule has 0 spiro atoms. The Hall–Kier alpha value is -3.68. The molecule has 2 rings (SSSR count). The maximum Gasteiger partial charge on any atom is 0.355 e. The maximum absolute atomic E-state index is 12.8. The third kappa shape index (κ3) is 5.22. The molecule has 2 aromatic rings. The van der Waals surface area contributed by atoms with Crippen molar-refractivity contribution in [3.63, 3.8) is 0 Å². The Bertz CT molecular complexity index is 1000. The molecule has 1 aromatic heterocycles. The highest BCUT2D eigenvalue weighted by molar-refractivity contribution is 6.05. The molecule has 0 fully saturated rings. The summed E-state index contributed by atoms with van der Waals surface area (Å²) in [5.74, 6) is -2.39. The largest absolute Gasteiger partial charge is 0.465 e. The van der Waals surface area contributed by atoms with E-state index in [1.165, 1.54) is 27.0 Å². The Balaban J connectivity index is 2.24. The van der Waals surface area contributed by atoms with E-state index in [4.69, 9.17) is 9.47 Å². The van der Waals surface area contributed by atoms with Gasteiger partial charge in [0.05, 0.1) is 18.4 Å². The Morgan fingerprint density at radius 2 is 1.73 bits per heavy atom. The standard InChI is InChI=1S/C22H24N2O6/c1-12-18(22(28)29-5)13(2)23-19(12)20(26)14(3)30-21(27)17(24-15(4)25)11-16-9-7-6-8-10-16/h6-11,14,23H,1-5H3,(H,24,25)/b17-11-/t14-/m0/s1. The van der Waals surface area contributed by atoms with Gasteiger partial charge in [0.15, 0.2) is 6.10 Å². The lowest BCUT2D eigenvalue weighted by atomic mass is 10.1. The molecule has 158 valence electrons. The number of ketones is 1. The molecule has 0 aliphatic heterocycles. The first kappa shape index (κ1) is 22.6. The zero-order valence-corrected chi connectivity index (χ0v) is 17.5. The minimum absolute atomic E-state index is 0.0945. The fourth-order valence-electron chi connectivity index (χ4n) is 2.94. The lowest BCUT2D eigenvalue weighted by Gasteiger charge is -2.14. The predicted molar refractivity (Wildman–Crippen MR) is 110 cm³/mol. The highest BCUT2D eigenvalue weighted by Crippen LogP contribution is 2.21. The van der Waals surface area contributed by atoms with Crippen molar-refractivity contribution in [1.29, 1.82) is 0 Å². The second-order valence-electron chi connectivity index (χ2n) is 6.68. The number of Topliss-reactive ketones (excluding diaryl/α,β-unsaturated/α-hetero) is 1. The van der Waals surface area contributed by atoms with E-state index >= 15 is 0 Å². The van der Waals surface area contributed by atoms with Crippen molar-refractivity contribution in [1.82, 2.24) is 10.3 Å². The van der Waals surface area contributed by atoms with Crippen LogP contribution in [0.25, 0.3) is 6.08 Å². The van der Waals surface area contributed by atoms with Crippen molar-refractivity contribution >= 4 is 29.7 Å². The average Bonchev–Trinajstić information content (AvgIpc) is 3.00. The number of benzene rings is 1. The zero-order valence-electron chi connectivity index (χ0n) is 17.5. The minimum atomic E-state index is -1.16. The second kappa shape index (κ2) is 9.69. The third-order valence-corrected chi connectivity index (χ3v) is 4.37. The molecular weight excluding hydrogens is 388 g/mol. The van der Waals surface area contributed by atoms with E-state index < -0.39 is 29.7 Å². The van der Waals surface area contributed by atoms with Crippen LogP contribution in [-0.2, 0) is 19.1 Å². The van der Waals surface area contributed by atoms with Crippen LogP contribution in [-0.4, -0.2) is 41.8 Å². The molecule has 8 nitrogen and oxygen atoms in total. The van der Waals surface area contributed by atoms with Crippen molar-refractivity contribution in [3.05, 3.63) is 64.1 Å². The maximum atomic E-state index is 12.8. The Morgan fingerprint density at radius 3 is 2.30 bits per heavy atom. The fraction of sp³-hybridized carbons (Fsp3) is 0.273. The fourth-order valence-corrected chi connectivity index (χ4v) is 2.94. The number of methoxy groups -OCH3 is 1. The van der Waals surface area contributed by atoms with E-state index in [1.54, 1.807) is 38.1 Å². The van der Waals surface area contributed by atoms with Gasteiger partial charge in [-0.1, -0.05) is 30.3 Å². The number of hydrogen-bond acceptors (Lipinski definition) is 6. The van der Waals surface area contributed by atoms with Crippen LogP contribution in [0.5, 0.6) is 0 Å². The molecule has 1 amide bonds. The first-order valence-corrected chi connectivity index (χ1v) is 9.22. The number of nitrogens with one attached hydrogen (secondary N) is 2. The third-order valence-electron chi connectivity index (χ3n) is 4.37. The van der Waals surface area contributed by atoms with Crippen molar-refractivity contribution < 1.29 is 28.7 Å². The molecule has 30 heavy (non-hydrogen) atoms. The molecule has 0 radical (unpaired) electrons. The van der Waals surface area contributed by atoms with Crippen LogP contribution < -0.4 is 5.32 Å². The summed E-state index contributed by atoms with van der Waals surface area (Å²) in [5, 5.41) is 2.43. The van der Waals surface area contributed by atoms with Gasteiger partial charge in [-0.15, -0.1) is 0 Å². The number of aromatic amines is 1. The van der Waals surface area contributed by atoms with Gasteiger partial charge in [-0.2, -0.15) is 0 Å². The van der Waals surface area contributed by atoms with E-state index in [2.05, 4.69) is 10.3 Å². The molecule has 0 aliphatic carbocycles. The van der Waals surface area contributed by atoms with Crippen LogP contribution in [0, 0.1) is 13.8 Å². The molecular formula is C22H24N2O6. The highest BCUT2D eigenvalue weighted by atomic mass is 16.5. The first-order valence-electron chi connectivity index (χ1n) is 9.22. The lowest BCUT2D eigenvalue weighted by molar-refractivity contribution is -0.142. The molecule has 0 aliphatic rings. The SMILES string of the molecule is COC(=O)c1c(C)[nH]c(C(=O)[C@H](C)OC(=O)/C(=C/c2ccccc2)NC(C)=O)c1C. The van der Waals surface area contributed by atoms with Gasteiger partial charge in [0.2, 0.25) is 11.7 Å². The van der Waals surface area contributed by atoms with Crippen LogP contribution in [0.15, 0.2) is 36.0 Å². The molecule has 2 N–H and O–H groups in total. The average molecular weight is 412 g/mol. The summed E-state index contributed by atoms with van der Waals surface area (Å²) >= 11 is 0. The van der Waals surface area contributed by atoms with Crippen LogP contribution in [0.4, 0.5) is 0 Å². The number of H-pyrrole nitrogens is 1. The molecule has 8 heteroatoms. The number of esters is 2. The van der Waals surface area contributed by atoms with Crippen LogP contribution >= 0.6 is 0 Å².